The Balaban J connectivity index is 2.09. The van der Waals surface area contributed by atoms with Crippen molar-refractivity contribution in [3.8, 4) is 0 Å². The highest BCUT2D eigenvalue weighted by molar-refractivity contribution is 7.85. The molecule has 0 radical (unpaired) electrons. The fourth-order valence-electron chi connectivity index (χ4n) is 5.41. The molecule has 7 N–H and O–H groups in total. The number of rotatable bonds is 23. The Morgan fingerprint density at radius 1 is 0.875 bits per heavy atom. The summed E-state index contributed by atoms with van der Waals surface area (Å²) in [4.78, 5) is 101. The molecule has 0 saturated carbocycles. The fraction of sp³-hybridized carbons (Fsp3) is 0.568. The van der Waals surface area contributed by atoms with E-state index < -0.39 is 93.0 Å². The first-order valence-electron chi connectivity index (χ1n) is 18.3. The van der Waals surface area contributed by atoms with Gasteiger partial charge in [0.25, 0.3) is 21.9 Å². The number of nitrogens with two attached hydrogens (primary N) is 1. The van der Waals surface area contributed by atoms with Crippen LogP contribution in [0.15, 0.2) is 36.4 Å². The highest BCUT2D eigenvalue weighted by Gasteiger charge is 2.33. The van der Waals surface area contributed by atoms with Crippen LogP contribution in [0.1, 0.15) is 85.1 Å². The van der Waals surface area contributed by atoms with E-state index >= 15 is 0 Å². The number of imide groups is 1. The van der Waals surface area contributed by atoms with Gasteiger partial charge >= 0.3 is 12.0 Å². The molecular weight excluding hydrogens is 753 g/mol. The van der Waals surface area contributed by atoms with Crippen molar-refractivity contribution in [2.45, 2.75) is 98.3 Å². The van der Waals surface area contributed by atoms with E-state index in [4.69, 9.17) is 10.5 Å². The second-order valence-electron chi connectivity index (χ2n) is 14.9. The standard InChI is InChI=1S/C37H54N6O12S/c1-23(2)31(42-32(47)25(22-56(52,53)54)20-27(44)10-7-6-8-19-43-29(45)16-17-30(43)46)34(49)41-28(11-9-18-39-36(38)51)33(48)40-26-14-12-24(13-15-26)21-55-35(50)37(3,4)5/h12-17,23,25,28,31H,6-11,18-22H2,1-5H3,(H,40,48)(H,41,49)(H,42,47)(H3,38,39,51)(H,52,53,54)/t25-,28-,31-/m0/s1. The molecule has 1 aromatic rings. The van der Waals surface area contributed by atoms with E-state index in [9.17, 15) is 51.3 Å². The molecule has 0 bridgehead atoms. The van der Waals surface area contributed by atoms with E-state index in [0.29, 0.717) is 30.5 Å². The maximum absolute atomic E-state index is 13.6. The largest absolute Gasteiger partial charge is 0.460 e. The third-order valence-electron chi connectivity index (χ3n) is 8.55. The molecule has 1 aromatic carbocycles. The van der Waals surface area contributed by atoms with E-state index in [-0.39, 0.29) is 44.9 Å². The zero-order valence-electron chi connectivity index (χ0n) is 32.4. The number of nitrogens with zero attached hydrogens (tertiary/aromatic N) is 1. The number of carbonyl (C=O) groups is 8. The topological polar surface area (TPSA) is 278 Å². The van der Waals surface area contributed by atoms with Gasteiger partial charge in [-0.15, -0.1) is 0 Å². The number of Topliss-reactive ketones (excluding diaryl/α,β-unsaturated/α-hetero) is 1. The van der Waals surface area contributed by atoms with Crippen molar-refractivity contribution in [2.75, 3.05) is 24.2 Å². The van der Waals surface area contributed by atoms with Crippen LogP contribution < -0.4 is 27.0 Å². The molecule has 3 atom stereocenters. The molecule has 310 valence electrons. The maximum atomic E-state index is 13.6. The van der Waals surface area contributed by atoms with Crippen LogP contribution >= 0.6 is 0 Å². The van der Waals surface area contributed by atoms with Gasteiger partial charge in [-0.3, -0.25) is 43.0 Å². The van der Waals surface area contributed by atoms with Crippen LogP contribution in [0, 0.1) is 17.3 Å². The van der Waals surface area contributed by atoms with Crippen molar-refractivity contribution in [2.24, 2.45) is 23.0 Å². The molecule has 1 aliphatic heterocycles. The predicted molar refractivity (Wildman–Crippen MR) is 204 cm³/mol. The molecule has 0 saturated heterocycles. The van der Waals surface area contributed by atoms with Crippen LogP contribution in [-0.2, 0) is 55.0 Å². The van der Waals surface area contributed by atoms with E-state index in [0.717, 1.165) is 4.90 Å². The zero-order chi connectivity index (χ0) is 42.2. The molecule has 7 amide bonds. The molecule has 19 heteroatoms. The fourth-order valence-corrected chi connectivity index (χ4v) is 6.19. The van der Waals surface area contributed by atoms with Gasteiger partial charge in [0.1, 0.15) is 24.5 Å². The molecule has 0 unspecified atom stereocenters. The van der Waals surface area contributed by atoms with Gasteiger partial charge in [0.15, 0.2) is 0 Å². The van der Waals surface area contributed by atoms with Crippen LogP contribution in [0.5, 0.6) is 0 Å². The van der Waals surface area contributed by atoms with Gasteiger partial charge in [0.05, 0.1) is 17.1 Å². The van der Waals surface area contributed by atoms with E-state index in [2.05, 4.69) is 21.3 Å². The number of hydrogen-bond donors (Lipinski definition) is 6. The summed E-state index contributed by atoms with van der Waals surface area (Å²) in [5.41, 5.74) is 5.48. The second-order valence-corrected chi connectivity index (χ2v) is 16.4. The smallest absolute Gasteiger partial charge is 0.312 e. The lowest BCUT2D eigenvalue weighted by atomic mass is 9.97. The van der Waals surface area contributed by atoms with Crippen molar-refractivity contribution < 1.29 is 56.1 Å². The Labute approximate surface area is 326 Å². The Bertz CT molecular complexity index is 1720. The second kappa shape index (κ2) is 21.8. The summed E-state index contributed by atoms with van der Waals surface area (Å²) in [6, 6.07) is 3.18. The van der Waals surface area contributed by atoms with Gasteiger partial charge in [-0.1, -0.05) is 32.4 Å². The van der Waals surface area contributed by atoms with E-state index in [1.807, 2.05) is 0 Å². The summed E-state index contributed by atoms with van der Waals surface area (Å²) in [5.74, 6) is -7.34. The number of ketones is 1. The third kappa shape index (κ3) is 17.1. The normalized spacial score (nSPS) is 14.5. The molecule has 0 fully saturated rings. The Hall–Kier alpha value is -5.17. The number of primary amides is 1. The zero-order valence-corrected chi connectivity index (χ0v) is 33.2. The van der Waals surface area contributed by atoms with Gasteiger partial charge in [-0.25, -0.2) is 4.79 Å². The highest BCUT2D eigenvalue weighted by Crippen LogP contribution is 2.19. The molecule has 18 nitrogen and oxygen atoms in total. The lowest BCUT2D eigenvalue weighted by Crippen LogP contribution is -2.55. The summed E-state index contributed by atoms with van der Waals surface area (Å²) in [7, 11) is -4.74. The first kappa shape index (κ1) is 47.0. The number of esters is 1. The van der Waals surface area contributed by atoms with Gasteiger partial charge < -0.3 is 31.7 Å². The number of benzene rings is 1. The molecule has 56 heavy (non-hydrogen) atoms. The lowest BCUT2D eigenvalue weighted by molar-refractivity contribution is -0.154. The predicted octanol–water partition coefficient (Wildman–Crippen LogP) is 1.74. The maximum Gasteiger partial charge on any atom is 0.312 e. The van der Waals surface area contributed by atoms with Crippen LogP contribution in [0.25, 0.3) is 0 Å². The molecule has 1 aliphatic rings. The number of ether oxygens (including phenoxy) is 1. The van der Waals surface area contributed by atoms with Crippen LogP contribution in [0.2, 0.25) is 0 Å². The number of amides is 7. The molecule has 2 rings (SSSR count). The minimum absolute atomic E-state index is 0.0166. The SMILES string of the molecule is CC(C)[C@H](NC(=O)[C@@H](CC(=O)CCCCCN1C(=O)C=CC1=O)CS(=O)(=O)O)C(=O)N[C@@H](CCCNC(N)=O)C(=O)Nc1ccc(COC(=O)C(C)(C)C)cc1. The summed E-state index contributed by atoms with van der Waals surface area (Å²) < 4.78 is 38.5. The minimum atomic E-state index is -4.74. The van der Waals surface area contributed by atoms with Crippen LogP contribution in [-0.4, -0.2) is 96.1 Å². The number of hydrogen-bond acceptors (Lipinski definition) is 11. The van der Waals surface area contributed by atoms with Crippen molar-refractivity contribution in [1.82, 2.24) is 20.9 Å². The van der Waals surface area contributed by atoms with Gasteiger partial charge in [0.2, 0.25) is 17.7 Å². The number of anilines is 1. The first-order valence-corrected chi connectivity index (χ1v) is 19.9. The number of urea groups is 1. The average Bonchev–Trinajstić information content (AvgIpc) is 3.41. The first-order chi connectivity index (χ1) is 26.1. The highest BCUT2D eigenvalue weighted by atomic mass is 32.2. The van der Waals surface area contributed by atoms with E-state index in [1.54, 1.807) is 58.9 Å². The Morgan fingerprint density at radius 3 is 2.05 bits per heavy atom. The minimum Gasteiger partial charge on any atom is -0.460 e. The van der Waals surface area contributed by atoms with Crippen molar-refractivity contribution >= 4 is 63.1 Å². The monoisotopic (exact) mass is 806 g/mol. The van der Waals surface area contributed by atoms with Crippen LogP contribution in [0.4, 0.5) is 10.5 Å². The molecular formula is C37H54N6O12S. The molecule has 0 aromatic heterocycles. The number of nitrogens with one attached hydrogen (secondary N) is 4. The van der Waals surface area contributed by atoms with E-state index in [1.165, 1.54) is 12.2 Å². The van der Waals surface area contributed by atoms with Gasteiger partial charge in [-0.05, 0) is 70.1 Å². The van der Waals surface area contributed by atoms with Crippen molar-refractivity contribution in [3.05, 3.63) is 42.0 Å². The van der Waals surface area contributed by atoms with Crippen molar-refractivity contribution in [1.29, 1.82) is 0 Å². The molecule has 0 spiro atoms. The lowest BCUT2D eigenvalue weighted by Gasteiger charge is -2.27. The summed E-state index contributed by atoms with van der Waals surface area (Å²) in [6.45, 7) is 8.65. The van der Waals surface area contributed by atoms with Gasteiger partial charge in [-0.2, -0.15) is 8.42 Å². The Kier molecular flexibility index (Phi) is 18.3. The number of carbonyl (C=O) groups excluding carboxylic acids is 8. The average molecular weight is 807 g/mol. The Morgan fingerprint density at radius 2 is 1.50 bits per heavy atom. The quantitative estimate of drug-likeness (QED) is 0.0399. The summed E-state index contributed by atoms with van der Waals surface area (Å²) >= 11 is 0. The van der Waals surface area contributed by atoms with Gasteiger partial charge in [0, 0.05) is 43.8 Å². The van der Waals surface area contributed by atoms with Crippen molar-refractivity contribution in [3.63, 3.8) is 0 Å². The third-order valence-corrected chi connectivity index (χ3v) is 9.37. The molecule has 1 heterocycles. The van der Waals surface area contributed by atoms with Crippen LogP contribution in [0.3, 0.4) is 0 Å². The number of unbranched alkanes of at least 4 members (excludes halogenated alkanes) is 2. The molecule has 0 aliphatic carbocycles. The summed E-state index contributed by atoms with van der Waals surface area (Å²) in [6.07, 6.45) is 3.19. The summed E-state index contributed by atoms with van der Waals surface area (Å²) in [5, 5.41) is 10.2.